The van der Waals surface area contributed by atoms with Crippen molar-refractivity contribution >= 4 is 38.6 Å². The van der Waals surface area contributed by atoms with Crippen LogP contribution in [0.5, 0.6) is 0 Å². The fraction of sp³-hybridized carbons (Fsp3) is 0.538. The summed E-state index contributed by atoms with van der Waals surface area (Å²) in [6, 6.07) is 9.38. The average Bonchev–Trinajstić information content (AvgIpc) is 3.38. The largest absolute Gasteiger partial charge is 0.390 e. The minimum Gasteiger partial charge on any atom is -0.390 e. The molecule has 0 aliphatic carbocycles. The number of aromatic nitrogens is 4. The molecule has 5 heterocycles. The van der Waals surface area contributed by atoms with Crippen molar-refractivity contribution in [2.75, 3.05) is 30.4 Å². The molecule has 2 saturated heterocycles. The molecule has 5 rings (SSSR count). The number of nitrogens with one attached hydrogen (secondary N) is 2. The summed E-state index contributed by atoms with van der Waals surface area (Å²) in [5, 5.41) is 29.6. The molecule has 0 aromatic carbocycles. The van der Waals surface area contributed by atoms with Gasteiger partial charge in [-0.15, -0.1) is 0 Å². The molecule has 2 aliphatic rings. The zero-order chi connectivity index (χ0) is 27.7. The number of aliphatic hydroxyl groups excluding tert-OH is 1. The third-order valence-corrected chi connectivity index (χ3v) is 9.97. The van der Waals surface area contributed by atoms with E-state index in [-0.39, 0.29) is 43.7 Å². The Morgan fingerprint density at radius 2 is 1.92 bits per heavy atom. The Morgan fingerprint density at radius 1 is 1.21 bits per heavy atom. The Labute approximate surface area is 228 Å². The number of aromatic amines is 1. The lowest BCUT2D eigenvalue weighted by Gasteiger charge is -2.49. The van der Waals surface area contributed by atoms with E-state index in [9.17, 15) is 13.5 Å². The summed E-state index contributed by atoms with van der Waals surface area (Å²) in [5.74, 6) is 1.64. The van der Waals surface area contributed by atoms with Crippen LogP contribution in [0.3, 0.4) is 0 Å². The van der Waals surface area contributed by atoms with E-state index >= 15 is 0 Å². The maximum Gasteiger partial charge on any atom is 0.282 e. The standard InChI is InChI=1S/C26H35N9O3S/c1-4-19-10-21(11-20(5-2)35(19)39(37,38)34-14-17(13-27)15-34)33(3)26-22-7-6-8-28-23(22)12-24(30-26)29-25-9-18(16-36)31-32-25/h6-9,12,17,19-21,36H,4-5,10-11,14-16H2,1-3H3,(H2,29,30,31,32)/t19-,20+,21?. The summed E-state index contributed by atoms with van der Waals surface area (Å²) in [6.07, 6.45) is 4.46. The highest BCUT2D eigenvalue weighted by Gasteiger charge is 2.47. The van der Waals surface area contributed by atoms with Crippen molar-refractivity contribution in [2.45, 2.75) is 64.3 Å². The fourth-order valence-electron chi connectivity index (χ4n) is 5.66. The third kappa shape index (κ3) is 5.17. The van der Waals surface area contributed by atoms with Crippen molar-refractivity contribution in [3.8, 4) is 6.07 Å². The van der Waals surface area contributed by atoms with E-state index < -0.39 is 10.2 Å². The van der Waals surface area contributed by atoms with Gasteiger partial charge in [0.25, 0.3) is 10.2 Å². The third-order valence-electron chi connectivity index (χ3n) is 7.89. The maximum atomic E-state index is 13.6. The van der Waals surface area contributed by atoms with Crippen LogP contribution < -0.4 is 10.2 Å². The summed E-state index contributed by atoms with van der Waals surface area (Å²) in [4.78, 5) is 11.6. The molecular formula is C26H35N9O3S. The van der Waals surface area contributed by atoms with E-state index in [1.54, 1.807) is 16.6 Å². The van der Waals surface area contributed by atoms with E-state index in [0.29, 0.717) is 43.0 Å². The van der Waals surface area contributed by atoms with Crippen LogP contribution in [0.4, 0.5) is 17.5 Å². The van der Waals surface area contributed by atoms with Gasteiger partial charge in [0.1, 0.15) is 11.6 Å². The van der Waals surface area contributed by atoms with Crippen molar-refractivity contribution in [3.63, 3.8) is 0 Å². The number of hydrogen-bond acceptors (Lipinski definition) is 9. The Morgan fingerprint density at radius 3 is 2.54 bits per heavy atom. The predicted octanol–water partition coefficient (Wildman–Crippen LogP) is 2.75. The highest BCUT2D eigenvalue weighted by Crippen LogP contribution is 2.37. The van der Waals surface area contributed by atoms with Crippen LogP contribution in [-0.4, -0.2) is 80.6 Å². The zero-order valence-electron chi connectivity index (χ0n) is 22.4. The lowest BCUT2D eigenvalue weighted by atomic mass is 9.90. The highest BCUT2D eigenvalue weighted by atomic mass is 32.2. The first-order valence-electron chi connectivity index (χ1n) is 13.4. The fourth-order valence-corrected chi connectivity index (χ4v) is 7.89. The van der Waals surface area contributed by atoms with Crippen molar-refractivity contribution in [3.05, 3.63) is 36.2 Å². The molecule has 3 atom stereocenters. The molecule has 39 heavy (non-hydrogen) atoms. The Kier molecular flexibility index (Phi) is 7.73. The number of aliphatic hydroxyl groups is 1. The molecular weight excluding hydrogens is 518 g/mol. The minimum atomic E-state index is -3.65. The van der Waals surface area contributed by atoms with Gasteiger partial charge in [0.2, 0.25) is 0 Å². The van der Waals surface area contributed by atoms with Gasteiger partial charge in [0.05, 0.1) is 29.8 Å². The number of rotatable bonds is 9. The van der Waals surface area contributed by atoms with Gasteiger partial charge in [-0.1, -0.05) is 13.8 Å². The maximum absolute atomic E-state index is 13.6. The highest BCUT2D eigenvalue weighted by molar-refractivity contribution is 7.86. The second kappa shape index (κ2) is 11.1. The number of piperidine rings is 1. The van der Waals surface area contributed by atoms with Gasteiger partial charge < -0.3 is 15.3 Å². The van der Waals surface area contributed by atoms with Gasteiger partial charge in [-0.3, -0.25) is 10.1 Å². The summed E-state index contributed by atoms with van der Waals surface area (Å²) >= 11 is 0. The predicted molar refractivity (Wildman–Crippen MR) is 148 cm³/mol. The van der Waals surface area contributed by atoms with Crippen LogP contribution in [0.15, 0.2) is 30.5 Å². The van der Waals surface area contributed by atoms with Crippen molar-refractivity contribution in [1.82, 2.24) is 28.8 Å². The molecule has 0 radical (unpaired) electrons. The second-order valence-electron chi connectivity index (χ2n) is 10.3. The van der Waals surface area contributed by atoms with E-state index in [4.69, 9.17) is 10.2 Å². The van der Waals surface area contributed by atoms with Crippen molar-refractivity contribution in [2.24, 2.45) is 5.92 Å². The number of fused-ring (bicyclic) bond motifs is 1. The van der Waals surface area contributed by atoms with Crippen molar-refractivity contribution in [1.29, 1.82) is 5.26 Å². The van der Waals surface area contributed by atoms with Gasteiger partial charge in [0, 0.05) is 62.0 Å². The van der Waals surface area contributed by atoms with Gasteiger partial charge in [-0.25, -0.2) is 4.98 Å². The van der Waals surface area contributed by atoms with Crippen LogP contribution in [-0.2, 0) is 16.8 Å². The summed E-state index contributed by atoms with van der Waals surface area (Å²) in [5.41, 5.74) is 1.37. The molecule has 0 amide bonds. The van der Waals surface area contributed by atoms with Crippen LogP contribution in [0, 0.1) is 17.2 Å². The normalized spacial score (nSPS) is 22.9. The Balaban J connectivity index is 1.43. The summed E-state index contributed by atoms with van der Waals surface area (Å²) < 4.78 is 30.4. The zero-order valence-corrected chi connectivity index (χ0v) is 23.3. The molecule has 0 saturated carbocycles. The Bertz CT molecular complexity index is 1450. The molecule has 0 bridgehead atoms. The molecule has 2 aliphatic heterocycles. The van der Waals surface area contributed by atoms with Crippen molar-refractivity contribution < 1.29 is 13.5 Å². The molecule has 1 unspecified atom stereocenters. The van der Waals surface area contributed by atoms with Crippen LogP contribution in [0.25, 0.3) is 10.9 Å². The first-order valence-corrected chi connectivity index (χ1v) is 14.8. The van der Waals surface area contributed by atoms with E-state index in [0.717, 1.165) is 16.7 Å². The first-order chi connectivity index (χ1) is 18.8. The first kappa shape index (κ1) is 27.3. The Hall–Kier alpha value is -3.31. The summed E-state index contributed by atoms with van der Waals surface area (Å²) in [6.45, 7) is 4.46. The quantitative estimate of drug-likeness (QED) is 0.363. The number of nitriles is 1. The SMILES string of the molecule is CC[C@@H]1CC(N(C)c2nc(Nc3cc(CO)[nH]n3)cc3ncccc23)C[C@H](CC)N1S(=O)(=O)N1CC(C#N)C1. The molecule has 13 heteroatoms. The van der Waals surface area contributed by atoms with Crippen LogP contribution in [0.2, 0.25) is 0 Å². The lowest BCUT2D eigenvalue weighted by molar-refractivity contribution is 0.129. The monoisotopic (exact) mass is 553 g/mol. The molecule has 12 nitrogen and oxygen atoms in total. The van der Waals surface area contributed by atoms with Gasteiger partial charge in [0.15, 0.2) is 5.82 Å². The molecule has 3 aromatic heterocycles. The van der Waals surface area contributed by atoms with Crippen LogP contribution in [0.1, 0.15) is 45.2 Å². The number of nitrogens with zero attached hydrogens (tertiary/aromatic N) is 7. The van der Waals surface area contributed by atoms with E-state index in [1.165, 1.54) is 4.31 Å². The van der Waals surface area contributed by atoms with Gasteiger partial charge in [-0.05, 0) is 37.8 Å². The molecule has 0 spiro atoms. The molecule has 208 valence electrons. The number of anilines is 3. The van der Waals surface area contributed by atoms with Crippen LogP contribution >= 0.6 is 0 Å². The summed E-state index contributed by atoms with van der Waals surface area (Å²) in [7, 11) is -1.64. The number of pyridine rings is 2. The van der Waals surface area contributed by atoms with E-state index in [2.05, 4.69) is 31.5 Å². The topological polar surface area (TPSA) is 154 Å². The average molecular weight is 554 g/mol. The number of H-pyrrole nitrogens is 1. The molecule has 3 aromatic rings. The van der Waals surface area contributed by atoms with E-state index in [1.807, 2.05) is 39.1 Å². The van der Waals surface area contributed by atoms with Gasteiger partial charge in [-0.2, -0.15) is 27.4 Å². The second-order valence-corrected chi connectivity index (χ2v) is 12.1. The molecule has 2 fully saturated rings. The molecule has 3 N–H and O–H groups in total. The lowest BCUT2D eigenvalue weighted by Crippen LogP contribution is -2.62. The van der Waals surface area contributed by atoms with Gasteiger partial charge >= 0.3 is 0 Å². The smallest absolute Gasteiger partial charge is 0.282 e. The number of hydrogen-bond donors (Lipinski definition) is 3. The minimum absolute atomic E-state index is 0.0622.